The monoisotopic (exact) mass is 240 g/mol. The first-order valence-corrected chi connectivity index (χ1v) is 7.46. The first-order chi connectivity index (χ1) is 7.99. The molecule has 1 fully saturated rings. The highest BCUT2D eigenvalue weighted by Crippen LogP contribution is 2.16. The van der Waals surface area contributed by atoms with Crippen molar-refractivity contribution in [3.05, 3.63) is 0 Å². The zero-order chi connectivity index (χ0) is 12.8. The van der Waals surface area contributed by atoms with Crippen molar-refractivity contribution >= 4 is 0 Å². The van der Waals surface area contributed by atoms with Crippen LogP contribution < -0.4 is 5.32 Å². The van der Waals surface area contributed by atoms with Crippen molar-refractivity contribution in [3.8, 4) is 0 Å². The van der Waals surface area contributed by atoms with E-state index in [2.05, 4.69) is 44.8 Å². The van der Waals surface area contributed by atoms with Crippen LogP contribution in [0.5, 0.6) is 0 Å². The topological polar surface area (TPSA) is 15.3 Å². The van der Waals surface area contributed by atoms with E-state index in [1.54, 1.807) is 0 Å². The first-order valence-electron chi connectivity index (χ1n) is 7.46. The predicted octanol–water partition coefficient (Wildman–Crippen LogP) is 3.13. The number of nitrogens with zero attached hydrogens (tertiary/aromatic N) is 1. The molecular formula is C15H32N2. The van der Waals surface area contributed by atoms with Crippen LogP contribution in [0.4, 0.5) is 0 Å². The van der Waals surface area contributed by atoms with Gasteiger partial charge in [-0.3, -0.25) is 4.90 Å². The third-order valence-corrected chi connectivity index (χ3v) is 3.70. The van der Waals surface area contributed by atoms with E-state index in [0.717, 1.165) is 17.9 Å². The van der Waals surface area contributed by atoms with E-state index >= 15 is 0 Å². The molecule has 1 aliphatic heterocycles. The van der Waals surface area contributed by atoms with Crippen molar-refractivity contribution in [3.63, 3.8) is 0 Å². The Hall–Kier alpha value is -0.0800. The lowest BCUT2D eigenvalue weighted by Gasteiger charge is -2.31. The molecular weight excluding hydrogens is 208 g/mol. The molecule has 102 valence electrons. The van der Waals surface area contributed by atoms with Gasteiger partial charge < -0.3 is 5.32 Å². The quantitative estimate of drug-likeness (QED) is 0.794. The summed E-state index contributed by atoms with van der Waals surface area (Å²) in [4.78, 5) is 2.70. The van der Waals surface area contributed by atoms with Crippen LogP contribution in [-0.2, 0) is 0 Å². The Bertz CT molecular complexity index is 201. The van der Waals surface area contributed by atoms with Crippen molar-refractivity contribution in [2.45, 2.75) is 66.0 Å². The maximum atomic E-state index is 3.71. The minimum Gasteiger partial charge on any atom is -0.313 e. The molecule has 0 aliphatic carbocycles. The molecule has 2 atom stereocenters. The van der Waals surface area contributed by atoms with Crippen molar-refractivity contribution in [1.82, 2.24) is 10.2 Å². The molecule has 0 bridgehead atoms. The Morgan fingerprint density at radius 2 is 1.82 bits per heavy atom. The van der Waals surface area contributed by atoms with Gasteiger partial charge in [-0.1, -0.05) is 27.7 Å². The molecule has 17 heavy (non-hydrogen) atoms. The van der Waals surface area contributed by atoms with Gasteiger partial charge >= 0.3 is 0 Å². The van der Waals surface area contributed by atoms with E-state index in [9.17, 15) is 0 Å². The number of rotatable bonds is 5. The summed E-state index contributed by atoms with van der Waals surface area (Å²) in [6, 6.07) is 1.44. The summed E-state index contributed by atoms with van der Waals surface area (Å²) in [7, 11) is 0. The van der Waals surface area contributed by atoms with Gasteiger partial charge in [0.1, 0.15) is 0 Å². The third-order valence-electron chi connectivity index (χ3n) is 3.70. The second kappa shape index (κ2) is 7.38. The molecule has 0 spiro atoms. The molecule has 2 nitrogen and oxygen atoms in total. The summed E-state index contributed by atoms with van der Waals surface area (Å²) in [5, 5.41) is 3.71. The molecule has 1 rings (SSSR count). The highest BCUT2D eigenvalue weighted by molar-refractivity contribution is 4.80. The van der Waals surface area contributed by atoms with Gasteiger partial charge in [0.2, 0.25) is 0 Å². The van der Waals surface area contributed by atoms with Crippen molar-refractivity contribution in [2.75, 3.05) is 19.6 Å². The van der Waals surface area contributed by atoms with Crippen LogP contribution in [0.15, 0.2) is 0 Å². The zero-order valence-corrected chi connectivity index (χ0v) is 12.5. The molecule has 1 aliphatic rings. The van der Waals surface area contributed by atoms with E-state index in [-0.39, 0.29) is 0 Å². The SMILES string of the molecule is CC(C)CC1CN(C(C)CC(C)C)CCCN1. The van der Waals surface area contributed by atoms with Crippen molar-refractivity contribution in [1.29, 1.82) is 0 Å². The van der Waals surface area contributed by atoms with E-state index in [1.807, 2.05) is 0 Å². The number of hydrogen-bond acceptors (Lipinski definition) is 2. The molecule has 0 saturated carbocycles. The van der Waals surface area contributed by atoms with Gasteiger partial charge in [-0.2, -0.15) is 0 Å². The van der Waals surface area contributed by atoms with Crippen LogP contribution in [0.25, 0.3) is 0 Å². The highest BCUT2D eigenvalue weighted by atomic mass is 15.2. The van der Waals surface area contributed by atoms with Gasteiger partial charge in [-0.25, -0.2) is 0 Å². The summed E-state index contributed by atoms with van der Waals surface area (Å²) in [5.74, 6) is 1.61. The van der Waals surface area contributed by atoms with Gasteiger partial charge in [0.15, 0.2) is 0 Å². The van der Waals surface area contributed by atoms with Crippen LogP contribution in [0.2, 0.25) is 0 Å². The highest BCUT2D eigenvalue weighted by Gasteiger charge is 2.22. The van der Waals surface area contributed by atoms with Gasteiger partial charge in [-0.15, -0.1) is 0 Å². The van der Waals surface area contributed by atoms with Crippen LogP contribution in [-0.4, -0.2) is 36.6 Å². The van der Waals surface area contributed by atoms with Crippen LogP contribution in [0.3, 0.4) is 0 Å². The first kappa shape index (κ1) is 15.0. The molecule has 0 radical (unpaired) electrons. The average Bonchev–Trinajstić information content (AvgIpc) is 2.41. The summed E-state index contributed by atoms with van der Waals surface area (Å²) < 4.78 is 0. The molecule has 0 aromatic rings. The Labute approximate surface area is 108 Å². The predicted molar refractivity (Wildman–Crippen MR) is 76.4 cm³/mol. The fraction of sp³-hybridized carbons (Fsp3) is 1.00. The van der Waals surface area contributed by atoms with Gasteiger partial charge in [0.05, 0.1) is 0 Å². The van der Waals surface area contributed by atoms with Crippen LogP contribution >= 0.6 is 0 Å². The smallest absolute Gasteiger partial charge is 0.0197 e. The number of nitrogens with one attached hydrogen (secondary N) is 1. The largest absolute Gasteiger partial charge is 0.313 e. The molecule has 0 aromatic heterocycles. The lowest BCUT2D eigenvalue weighted by molar-refractivity contribution is 0.177. The molecule has 2 heteroatoms. The summed E-state index contributed by atoms with van der Waals surface area (Å²) in [5.41, 5.74) is 0. The lowest BCUT2D eigenvalue weighted by Crippen LogP contribution is -2.42. The number of hydrogen-bond donors (Lipinski definition) is 1. The van der Waals surface area contributed by atoms with E-state index < -0.39 is 0 Å². The van der Waals surface area contributed by atoms with Gasteiger partial charge in [0, 0.05) is 18.6 Å². The van der Waals surface area contributed by atoms with Crippen molar-refractivity contribution in [2.24, 2.45) is 11.8 Å². The average molecular weight is 240 g/mol. The minimum absolute atomic E-state index is 0.701. The lowest BCUT2D eigenvalue weighted by atomic mass is 10.0. The van der Waals surface area contributed by atoms with Crippen LogP contribution in [0.1, 0.15) is 53.9 Å². The molecule has 1 saturated heterocycles. The summed E-state index contributed by atoms with van der Waals surface area (Å²) in [6.45, 7) is 15.4. The second-order valence-electron chi connectivity index (χ2n) is 6.61. The molecule has 2 unspecified atom stereocenters. The fourth-order valence-corrected chi connectivity index (χ4v) is 2.99. The Balaban J connectivity index is 2.47. The normalized spacial score (nSPS) is 25.2. The fourth-order valence-electron chi connectivity index (χ4n) is 2.99. The third kappa shape index (κ3) is 5.87. The Morgan fingerprint density at radius 1 is 1.12 bits per heavy atom. The zero-order valence-electron chi connectivity index (χ0n) is 12.5. The molecule has 0 aromatic carbocycles. The molecule has 1 heterocycles. The summed E-state index contributed by atoms with van der Waals surface area (Å²) >= 11 is 0. The van der Waals surface area contributed by atoms with Crippen molar-refractivity contribution < 1.29 is 0 Å². The Morgan fingerprint density at radius 3 is 2.41 bits per heavy atom. The maximum Gasteiger partial charge on any atom is 0.0197 e. The van der Waals surface area contributed by atoms with Crippen LogP contribution in [0, 0.1) is 11.8 Å². The maximum absolute atomic E-state index is 3.71. The van der Waals surface area contributed by atoms with E-state index in [4.69, 9.17) is 0 Å². The minimum atomic E-state index is 0.701. The second-order valence-corrected chi connectivity index (χ2v) is 6.61. The van der Waals surface area contributed by atoms with E-state index in [1.165, 1.54) is 38.9 Å². The molecule has 1 N–H and O–H groups in total. The van der Waals surface area contributed by atoms with Gasteiger partial charge in [0.25, 0.3) is 0 Å². The standard InChI is InChI=1S/C15H32N2/c1-12(2)9-14(5)17-8-6-7-16-15(11-17)10-13(3)4/h12-16H,6-11H2,1-5H3. The van der Waals surface area contributed by atoms with Gasteiger partial charge in [-0.05, 0) is 51.1 Å². The molecule has 0 amide bonds. The van der Waals surface area contributed by atoms with E-state index in [0.29, 0.717) is 6.04 Å². The summed E-state index contributed by atoms with van der Waals surface area (Å²) in [6.07, 6.45) is 3.94. The Kier molecular flexibility index (Phi) is 6.50.